The lowest BCUT2D eigenvalue weighted by molar-refractivity contribution is -0.177. The van der Waals surface area contributed by atoms with E-state index in [2.05, 4.69) is 9.72 Å². The van der Waals surface area contributed by atoms with Gasteiger partial charge < -0.3 is 9.64 Å². The van der Waals surface area contributed by atoms with E-state index in [1.807, 2.05) is 0 Å². The molecule has 1 aromatic rings. The first-order chi connectivity index (χ1) is 8.38. The number of carbonyl (C=O) groups is 1. The highest BCUT2D eigenvalue weighted by atomic mass is 19.4. The largest absolute Gasteiger partial charge is 0.411 e. The molecule has 0 aliphatic rings. The van der Waals surface area contributed by atoms with Crippen molar-refractivity contribution in [3.05, 3.63) is 30.1 Å². The van der Waals surface area contributed by atoms with Gasteiger partial charge in [-0.3, -0.25) is 9.78 Å². The number of likely N-dealkylation sites (N-methyl/N-ethyl adjacent to an activating group) is 1. The summed E-state index contributed by atoms with van der Waals surface area (Å²) < 4.78 is 39.7. The van der Waals surface area contributed by atoms with E-state index < -0.39 is 25.3 Å². The topological polar surface area (TPSA) is 42.4 Å². The molecule has 0 atom stereocenters. The predicted molar refractivity (Wildman–Crippen MR) is 57.6 cm³/mol. The van der Waals surface area contributed by atoms with Crippen molar-refractivity contribution in [1.82, 2.24) is 9.88 Å². The van der Waals surface area contributed by atoms with Gasteiger partial charge in [-0.05, 0) is 12.1 Å². The van der Waals surface area contributed by atoms with E-state index in [9.17, 15) is 18.0 Å². The van der Waals surface area contributed by atoms with Crippen LogP contribution in [-0.4, -0.2) is 42.2 Å². The van der Waals surface area contributed by atoms with Crippen LogP contribution in [0.3, 0.4) is 0 Å². The van der Waals surface area contributed by atoms with Crippen LogP contribution in [0.2, 0.25) is 0 Å². The standard InChI is InChI=1S/C11H13F3N2O2/c1-16(6-9-4-2-3-5-15-9)10(17)7-18-8-11(12,13)14/h2-5H,6-8H2,1H3. The Morgan fingerprint density at radius 1 is 1.44 bits per heavy atom. The van der Waals surface area contributed by atoms with Gasteiger partial charge in [-0.25, -0.2) is 0 Å². The van der Waals surface area contributed by atoms with E-state index in [1.165, 1.54) is 11.9 Å². The van der Waals surface area contributed by atoms with Gasteiger partial charge in [0, 0.05) is 13.2 Å². The summed E-state index contributed by atoms with van der Waals surface area (Å²) in [5.41, 5.74) is 0.657. The average Bonchev–Trinajstić information content (AvgIpc) is 2.28. The second-order valence-electron chi connectivity index (χ2n) is 3.68. The monoisotopic (exact) mass is 262 g/mol. The van der Waals surface area contributed by atoms with Crippen molar-refractivity contribution in [3.8, 4) is 0 Å². The number of aromatic nitrogens is 1. The van der Waals surface area contributed by atoms with Crippen LogP contribution < -0.4 is 0 Å². The van der Waals surface area contributed by atoms with Gasteiger partial charge in [0.05, 0.1) is 12.2 Å². The Labute approximate surface area is 102 Å². The zero-order valence-corrected chi connectivity index (χ0v) is 9.78. The Balaban J connectivity index is 2.34. The lowest BCUT2D eigenvalue weighted by Gasteiger charge is -2.17. The molecule has 1 heterocycles. The molecule has 0 N–H and O–H groups in total. The first-order valence-electron chi connectivity index (χ1n) is 5.17. The number of halogens is 3. The molecule has 0 saturated heterocycles. The molecule has 7 heteroatoms. The molecule has 18 heavy (non-hydrogen) atoms. The Hall–Kier alpha value is -1.63. The molecule has 0 saturated carbocycles. The first-order valence-corrected chi connectivity index (χ1v) is 5.17. The average molecular weight is 262 g/mol. The maximum atomic E-state index is 11.8. The van der Waals surface area contributed by atoms with Crippen LogP contribution in [0.1, 0.15) is 5.69 Å². The van der Waals surface area contributed by atoms with Gasteiger partial charge in [-0.2, -0.15) is 13.2 Å². The van der Waals surface area contributed by atoms with Crippen molar-refractivity contribution in [1.29, 1.82) is 0 Å². The third-order valence-electron chi connectivity index (χ3n) is 2.04. The van der Waals surface area contributed by atoms with Crippen molar-refractivity contribution in [2.75, 3.05) is 20.3 Å². The minimum atomic E-state index is -4.42. The van der Waals surface area contributed by atoms with Gasteiger partial charge in [0.1, 0.15) is 13.2 Å². The van der Waals surface area contributed by atoms with Crippen LogP contribution in [0.5, 0.6) is 0 Å². The van der Waals surface area contributed by atoms with Gasteiger partial charge in [-0.15, -0.1) is 0 Å². The van der Waals surface area contributed by atoms with Crippen LogP contribution in [0, 0.1) is 0 Å². The summed E-state index contributed by atoms with van der Waals surface area (Å²) >= 11 is 0. The SMILES string of the molecule is CN(Cc1ccccn1)C(=O)COCC(F)(F)F. The number of carbonyl (C=O) groups excluding carboxylic acids is 1. The summed E-state index contributed by atoms with van der Waals surface area (Å²) in [6.45, 7) is -1.78. The molecule has 4 nitrogen and oxygen atoms in total. The summed E-state index contributed by atoms with van der Waals surface area (Å²) in [7, 11) is 1.48. The number of nitrogens with zero attached hydrogens (tertiary/aromatic N) is 2. The van der Waals surface area contributed by atoms with Crippen molar-refractivity contribution < 1.29 is 22.7 Å². The summed E-state index contributed by atoms with van der Waals surface area (Å²) in [6, 6.07) is 5.22. The van der Waals surface area contributed by atoms with Gasteiger partial charge in [0.25, 0.3) is 0 Å². The second-order valence-corrected chi connectivity index (χ2v) is 3.68. The van der Waals surface area contributed by atoms with E-state index in [-0.39, 0.29) is 6.54 Å². The predicted octanol–water partition coefficient (Wildman–Crippen LogP) is 1.62. The Morgan fingerprint density at radius 3 is 2.72 bits per heavy atom. The molecular formula is C11H13F3N2O2. The van der Waals surface area contributed by atoms with Gasteiger partial charge in [0.15, 0.2) is 0 Å². The second kappa shape index (κ2) is 6.34. The van der Waals surface area contributed by atoms with E-state index >= 15 is 0 Å². The maximum Gasteiger partial charge on any atom is 0.411 e. The molecule has 100 valence electrons. The molecule has 0 unspecified atom stereocenters. The lowest BCUT2D eigenvalue weighted by atomic mass is 10.3. The van der Waals surface area contributed by atoms with Gasteiger partial charge in [0.2, 0.25) is 5.91 Å². The summed E-state index contributed by atoms with van der Waals surface area (Å²) in [5, 5.41) is 0. The molecule has 0 aliphatic heterocycles. The van der Waals surface area contributed by atoms with Crippen LogP contribution in [0.25, 0.3) is 0 Å². The van der Waals surface area contributed by atoms with Gasteiger partial charge >= 0.3 is 6.18 Å². The minimum absolute atomic E-state index is 0.231. The maximum absolute atomic E-state index is 11.8. The number of hydrogen-bond acceptors (Lipinski definition) is 3. The van der Waals surface area contributed by atoms with Crippen molar-refractivity contribution in [2.45, 2.75) is 12.7 Å². The zero-order valence-electron chi connectivity index (χ0n) is 9.78. The molecule has 1 aromatic heterocycles. The van der Waals surface area contributed by atoms with E-state index in [0.717, 1.165) is 0 Å². The van der Waals surface area contributed by atoms with E-state index in [0.29, 0.717) is 5.69 Å². The van der Waals surface area contributed by atoms with Crippen LogP contribution in [0.15, 0.2) is 24.4 Å². The fraction of sp³-hybridized carbons (Fsp3) is 0.455. The van der Waals surface area contributed by atoms with Crippen molar-refractivity contribution >= 4 is 5.91 Å². The van der Waals surface area contributed by atoms with Crippen LogP contribution >= 0.6 is 0 Å². The molecule has 1 rings (SSSR count). The zero-order chi connectivity index (χ0) is 13.6. The molecule has 0 aliphatic carbocycles. The smallest absolute Gasteiger partial charge is 0.362 e. The third kappa shape index (κ3) is 5.62. The van der Waals surface area contributed by atoms with Crippen LogP contribution in [0.4, 0.5) is 13.2 Å². The van der Waals surface area contributed by atoms with E-state index in [1.54, 1.807) is 24.4 Å². The minimum Gasteiger partial charge on any atom is -0.362 e. The van der Waals surface area contributed by atoms with E-state index in [4.69, 9.17) is 0 Å². The number of ether oxygens (including phenoxy) is 1. The molecule has 0 fully saturated rings. The first kappa shape index (κ1) is 14.4. The Morgan fingerprint density at radius 2 is 2.17 bits per heavy atom. The highest BCUT2D eigenvalue weighted by Crippen LogP contribution is 2.14. The lowest BCUT2D eigenvalue weighted by Crippen LogP contribution is -2.31. The highest BCUT2D eigenvalue weighted by Gasteiger charge is 2.28. The quantitative estimate of drug-likeness (QED) is 0.809. The molecule has 0 spiro atoms. The number of rotatable bonds is 5. The number of alkyl halides is 3. The number of amides is 1. The summed E-state index contributed by atoms with van der Waals surface area (Å²) in [4.78, 5) is 16.7. The van der Waals surface area contributed by atoms with Gasteiger partial charge in [-0.1, -0.05) is 6.07 Å². The third-order valence-corrected chi connectivity index (χ3v) is 2.04. The fourth-order valence-electron chi connectivity index (χ4n) is 1.19. The molecular weight excluding hydrogens is 249 g/mol. The summed E-state index contributed by atoms with van der Waals surface area (Å²) in [5.74, 6) is -0.523. The van der Waals surface area contributed by atoms with Crippen LogP contribution in [-0.2, 0) is 16.1 Å². The Kier molecular flexibility index (Phi) is 5.08. The fourth-order valence-corrected chi connectivity index (χ4v) is 1.19. The molecule has 1 amide bonds. The molecule has 0 radical (unpaired) electrons. The number of pyridine rings is 1. The molecule has 0 bridgehead atoms. The normalized spacial score (nSPS) is 11.3. The summed E-state index contributed by atoms with van der Waals surface area (Å²) in [6.07, 6.45) is -2.84. The van der Waals surface area contributed by atoms with Crippen molar-refractivity contribution in [2.24, 2.45) is 0 Å². The Bertz CT molecular complexity index is 382. The molecule has 0 aromatic carbocycles. The highest BCUT2D eigenvalue weighted by molar-refractivity contribution is 5.77. The number of hydrogen-bond donors (Lipinski definition) is 0. The van der Waals surface area contributed by atoms with Crippen molar-refractivity contribution in [3.63, 3.8) is 0 Å².